The first kappa shape index (κ1) is 23.9. The molecule has 9 nitrogen and oxygen atoms in total. The second kappa shape index (κ2) is 9.37. The van der Waals surface area contributed by atoms with Gasteiger partial charge in [-0.3, -0.25) is 9.10 Å². The van der Waals surface area contributed by atoms with Gasteiger partial charge in [-0.15, -0.1) is 0 Å². The number of rotatable bonds is 8. The number of fused-ring (bicyclic) bond motifs is 1. The Morgan fingerprint density at radius 2 is 1.66 bits per heavy atom. The highest BCUT2D eigenvalue weighted by molar-refractivity contribution is 7.92. The maximum Gasteiger partial charge on any atom is 0.241 e. The summed E-state index contributed by atoms with van der Waals surface area (Å²) < 4.78 is 60.7. The van der Waals surface area contributed by atoms with Gasteiger partial charge in [0.2, 0.25) is 15.9 Å². The van der Waals surface area contributed by atoms with Gasteiger partial charge in [-0.25, -0.2) is 16.8 Å². The Morgan fingerprint density at radius 1 is 1.03 bits per heavy atom. The van der Waals surface area contributed by atoms with Gasteiger partial charge in [0, 0.05) is 12.3 Å². The number of anilines is 1. The van der Waals surface area contributed by atoms with Crippen LogP contribution in [-0.2, 0) is 24.7 Å². The smallest absolute Gasteiger partial charge is 0.241 e. The van der Waals surface area contributed by atoms with Crippen LogP contribution in [0.5, 0.6) is 11.5 Å². The Morgan fingerprint density at radius 3 is 2.25 bits per heavy atom. The molecule has 174 valence electrons. The van der Waals surface area contributed by atoms with E-state index >= 15 is 0 Å². The standard InChI is InChI=1S/C21H26N2O7S2/c1-4-32(27,28)23(17-7-10-19-20(13-17)30-12-11-29-19)14-21(24)22-15(2)16-5-8-18(9-6-16)31(3,25)26/h5-10,13,15H,4,11-12,14H2,1-3H3,(H,22,24)/t15-/m1/s1. The van der Waals surface area contributed by atoms with Gasteiger partial charge in [0.1, 0.15) is 19.8 Å². The molecule has 3 rings (SSSR count). The molecule has 0 radical (unpaired) electrons. The van der Waals surface area contributed by atoms with Crippen LogP contribution in [0.25, 0.3) is 0 Å². The molecule has 2 aromatic rings. The van der Waals surface area contributed by atoms with Crippen molar-refractivity contribution in [3.8, 4) is 11.5 Å². The first-order valence-electron chi connectivity index (χ1n) is 10.0. The normalized spacial score (nSPS) is 14.5. The number of nitrogens with one attached hydrogen (secondary N) is 1. The largest absolute Gasteiger partial charge is 0.486 e. The van der Waals surface area contributed by atoms with Crippen LogP contribution in [0, 0.1) is 0 Å². The topological polar surface area (TPSA) is 119 Å². The molecule has 32 heavy (non-hydrogen) atoms. The van der Waals surface area contributed by atoms with E-state index in [1.54, 1.807) is 37.3 Å². The summed E-state index contributed by atoms with van der Waals surface area (Å²) in [4.78, 5) is 12.9. The second-order valence-corrected chi connectivity index (χ2v) is 11.6. The molecule has 0 unspecified atom stereocenters. The molecule has 0 saturated heterocycles. The Kier molecular flexibility index (Phi) is 6.99. The summed E-state index contributed by atoms with van der Waals surface area (Å²) in [5, 5.41) is 2.76. The average molecular weight is 483 g/mol. The lowest BCUT2D eigenvalue weighted by Crippen LogP contribution is -2.42. The fourth-order valence-corrected chi connectivity index (χ4v) is 4.89. The summed E-state index contributed by atoms with van der Waals surface area (Å²) in [7, 11) is -7.07. The zero-order valence-corrected chi connectivity index (χ0v) is 19.7. The van der Waals surface area contributed by atoms with Crippen LogP contribution >= 0.6 is 0 Å². The molecule has 1 heterocycles. The minimum Gasteiger partial charge on any atom is -0.486 e. The van der Waals surface area contributed by atoms with Crippen molar-refractivity contribution in [3.63, 3.8) is 0 Å². The molecule has 1 amide bonds. The molecule has 0 spiro atoms. The number of carbonyl (C=O) groups excluding carboxylic acids is 1. The van der Waals surface area contributed by atoms with Crippen molar-refractivity contribution in [2.75, 3.05) is 36.1 Å². The molecule has 11 heteroatoms. The highest BCUT2D eigenvalue weighted by Gasteiger charge is 2.26. The number of hydrogen-bond donors (Lipinski definition) is 1. The molecule has 0 saturated carbocycles. The van der Waals surface area contributed by atoms with Crippen molar-refractivity contribution >= 4 is 31.5 Å². The van der Waals surface area contributed by atoms with Crippen LogP contribution in [0.4, 0.5) is 5.69 Å². The lowest BCUT2D eigenvalue weighted by atomic mass is 10.1. The average Bonchev–Trinajstić information content (AvgIpc) is 2.76. The van der Waals surface area contributed by atoms with Gasteiger partial charge < -0.3 is 14.8 Å². The van der Waals surface area contributed by atoms with Crippen LogP contribution < -0.4 is 19.1 Å². The van der Waals surface area contributed by atoms with E-state index in [1.165, 1.54) is 19.1 Å². The predicted molar refractivity (Wildman–Crippen MR) is 120 cm³/mol. The molecule has 0 aromatic heterocycles. The molecular formula is C21H26N2O7S2. The third-order valence-corrected chi connectivity index (χ3v) is 7.86. The lowest BCUT2D eigenvalue weighted by Gasteiger charge is -2.26. The minimum atomic E-state index is -3.75. The van der Waals surface area contributed by atoms with E-state index < -0.39 is 38.4 Å². The number of sulfonamides is 1. The van der Waals surface area contributed by atoms with Gasteiger partial charge in [0.25, 0.3) is 0 Å². The summed E-state index contributed by atoms with van der Waals surface area (Å²) in [5.41, 5.74) is 0.992. The van der Waals surface area contributed by atoms with E-state index in [2.05, 4.69) is 5.32 Å². The van der Waals surface area contributed by atoms with Crippen molar-refractivity contribution in [2.45, 2.75) is 24.8 Å². The third-order valence-electron chi connectivity index (χ3n) is 4.99. The van der Waals surface area contributed by atoms with E-state index in [-0.39, 0.29) is 10.6 Å². The van der Waals surface area contributed by atoms with Crippen molar-refractivity contribution in [3.05, 3.63) is 48.0 Å². The number of nitrogens with zero attached hydrogens (tertiary/aromatic N) is 1. The van der Waals surface area contributed by atoms with Gasteiger partial charge in [0.15, 0.2) is 21.3 Å². The first-order chi connectivity index (χ1) is 15.0. The van der Waals surface area contributed by atoms with E-state index in [0.29, 0.717) is 36.0 Å². The predicted octanol–water partition coefficient (Wildman–Crippen LogP) is 1.89. The highest BCUT2D eigenvalue weighted by Crippen LogP contribution is 2.34. The molecule has 1 aliphatic rings. The highest BCUT2D eigenvalue weighted by atomic mass is 32.2. The van der Waals surface area contributed by atoms with E-state index in [0.717, 1.165) is 10.6 Å². The number of hydrogen-bond acceptors (Lipinski definition) is 7. The van der Waals surface area contributed by atoms with Crippen LogP contribution in [0.1, 0.15) is 25.5 Å². The Balaban J connectivity index is 1.77. The maximum atomic E-state index is 12.7. The van der Waals surface area contributed by atoms with Gasteiger partial charge in [-0.2, -0.15) is 0 Å². The van der Waals surface area contributed by atoms with Crippen molar-refractivity contribution < 1.29 is 31.1 Å². The van der Waals surface area contributed by atoms with E-state index in [9.17, 15) is 21.6 Å². The number of sulfone groups is 1. The summed E-state index contributed by atoms with van der Waals surface area (Å²) in [6.45, 7) is 3.59. The summed E-state index contributed by atoms with van der Waals surface area (Å²) in [6, 6.07) is 10.4. The lowest BCUT2D eigenvalue weighted by molar-refractivity contribution is -0.120. The second-order valence-electron chi connectivity index (χ2n) is 7.37. The van der Waals surface area contributed by atoms with Crippen molar-refractivity contribution in [2.24, 2.45) is 0 Å². The van der Waals surface area contributed by atoms with E-state index in [4.69, 9.17) is 9.47 Å². The maximum absolute atomic E-state index is 12.7. The molecule has 1 aliphatic heterocycles. The van der Waals surface area contributed by atoms with Crippen LogP contribution in [0.2, 0.25) is 0 Å². The van der Waals surface area contributed by atoms with Crippen LogP contribution in [-0.4, -0.2) is 54.5 Å². The van der Waals surface area contributed by atoms with Gasteiger partial charge in [-0.1, -0.05) is 12.1 Å². The Hall–Kier alpha value is -2.79. The monoisotopic (exact) mass is 482 g/mol. The summed E-state index contributed by atoms with van der Waals surface area (Å²) in [5.74, 6) is 0.253. The fraction of sp³-hybridized carbons (Fsp3) is 0.381. The molecule has 0 bridgehead atoms. The molecule has 1 N–H and O–H groups in total. The Bertz CT molecular complexity index is 1190. The quantitative estimate of drug-likeness (QED) is 0.610. The minimum absolute atomic E-state index is 0.179. The first-order valence-corrected chi connectivity index (χ1v) is 13.5. The van der Waals surface area contributed by atoms with Gasteiger partial charge in [-0.05, 0) is 43.7 Å². The zero-order valence-electron chi connectivity index (χ0n) is 18.1. The molecule has 1 atom stereocenters. The van der Waals surface area contributed by atoms with Crippen molar-refractivity contribution in [1.29, 1.82) is 0 Å². The number of amides is 1. The van der Waals surface area contributed by atoms with Crippen LogP contribution in [0.3, 0.4) is 0 Å². The summed E-state index contributed by atoms with van der Waals surface area (Å²) >= 11 is 0. The number of carbonyl (C=O) groups is 1. The van der Waals surface area contributed by atoms with Crippen LogP contribution in [0.15, 0.2) is 47.4 Å². The SMILES string of the molecule is CCS(=O)(=O)N(CC(=O)N[C@H](C)c1ccc(S(C)(=O)=O)cc1)c1ccc2c(c1)OCCO2. The number of ether oxygens (including phenoxy) is 2. The van der Waals surface area contributed by atoms with E-state index in [1.807, 2.05) is 0 Å². The fourth-order valence-electron chi connectivity index (χ4n) is 3.20. The number of benzene rings is 2. The molecule has 0 aliphatic carbocycles. The third kappa shape index (κ3) is 5.52. The van der Waals surface area contributed by atoms with Gasteiger partial charge >= 0.3 is 0 Å². The molecular weight excluding hydrogens is 456 g/mol. The zero-order chi connectivity index (χ0) is 23.5. The van der Waals surface area contributed by atoms with Crippen molar-refractivity contribution in [1.82, 2.24) is 5.32 Å². The summed E-state index contributed by atoms with van der Waals surface area (Å²) in [6.07, 6.45) is 1.12. The van der Waals surface area contributed by atoms with Gasteiger partial charge in [0.05, 0.1) is 22.4 Å². The molecule has 2 aromatic carbocycles. The Labute approximate surface area is 188 Å². The molecule has 0 fully saturated rings.